The van der Waals surface area contributed by atoms with Gasteiger partial charge in [-0.25, -0.2) is 4.98 Å². The van der Waals surface area contributed by atoms with Crippen LogP contribution in [0.2, 0.25) is 0 Å². The van der Waals surface area contributed by atoms with Gasteiger partial charge in [0.1, 0.15) is 0 Å². The Labute approximate surface area is 119 Å². The maximum absolute atomic E-state index is 5.91. The highest BCUT2D eigenvalue weighted by Crippen LogP contribution is 2.37. The van der Waals surface area contributed by atoms with Crippen LogP contribution in [-0.2, 0) is 6.54 Å². The number of imidazole rings is 1. The SMILES string of the molecule is Cc1cn2c(CN)c(-c3ccc4c(c3)OCO4)nc2s1. The number of hydrogen-bond donors (Lipinski definition) is 1. The van der Waals surface area contributed by atoms with Crippen molar-refractivity contribution in [2.45, 2.75) is 13.5 Å². The summed E-state index contributed by atoms with van der Waals surface area (Å²) in [4.78, 5) is 6.90. The standard InChI is InChI=1S/C14H13N3O2S/c1-8-6-17-10(5-15)13(16-14(17)20-8)9-2-3-11-12(4-9)19-7-18-11/h2-4,6H,5,7,15H2,1H3. The fraction of sp³-hybridized carbons (Fsp3) is 0.214. The molecule has 1 aromatic carbocycles. The van der Waals surface area contributed by atoms with Gasteiger partial charge < -0.3 is 15.2 Å². The fourth-order valence-electron chi connectivity index (χ4n) is 2.47. The predicted octanol–water partition coefficient (Wildman–Crippen LogP) is 2.56. The monoisotopic (exact) mass is 287 g/mol. The molecule has 0 saturated carbocycles. The van der Waals surface area contributed by atoms with Gasteiger partial charge in [0.25, 0.3) is 0 Å². The van der Waals surface area contributed by atoms with E-state index in [-0.39, 0.29) is 6.79 Å². The minimum absolute atomic E-state index is 0.278. The Morgan fingerprint density at radius 1 is 1.35 bits per heavy atom. The topological polar surface area (TPSA) is 61.8 Å². The molecule has 0 radical (unpaired) electrons. The first-order chi connectivity index (χ1) is 9.76. The number of nitrogens with zero attached hydrogens (tertiary/aromatic N) is 2. The van der Waals surface area contributed by atoms with E-state index >= 15 is 0 Å². The number of aromatic nitrogens is 2. The van der Waals surface area contributed by atoms with E-state index in [1.54, 1.807) is 11.3 Å². The zero-order valence-electron chi connectivity index (χ0n) is 10.9. The summed E-state index contributed by atoms with van der Waals surface area (Å²) in [7, 11) is 0. The number of hydrogen-bond acceptors (Lipinski definition) is 5. The summed E-state index contributed by atoms with van der Waals surface area (Å²) in [6.45, 7) is 2.79. The van der Waals surface area contributed by atoms with Gasteiger partial charge in [0, 0.05) is 23.2 Å². The van der Waals surface area contributed by atoms with Gasteiger partial charge in [0.05, 0.1) is 11.4 Å². The van der Waals surface area contributed by atoms with Crippen LogP contribution in [0.15, 0.2) is 24.4 Å². The maximum atomic E-state index is 5.91. The Morgan fingerprint density at radius 2 is 2.20 bits per heavy atom. The highest BCUT2D eigenvalue weighted by molar-refractivity contribution is 7.17. The Kier molecular flexibility index (Phi) is 2.48. The molecule has 1 aliphatic rings. The van der Waals surface area contributed by atoms with Gasteiger partial charge in [0.15, 0.2) is 16.5 Å². The average Bonchev–Trinajstić information content (AvgIpc) is 3.10. The molecule has 5 nitrogen and oxygen atoms in total. The van der Waals surface area contributed by atoms with Crippen molar-refractivity contribution in [1.29, 1.82) is 0 Å². The van der Waals surface area contributed by atoms with E-state index in [1.807, 2.05) is 18.2 Å². The molecule has 0 aliphatic carbocycles. The van der Waals surface area contributed by atoms with Crippen LogP contribution in [0.3, 0.4) is 0 Å². The third-order valence-electron chi connectivity index (χ3n) is 3.38. The van der Waals surface area contributed by atoms with Crippen LogP contribution in [0, 0.1) is 6.92 Å². The van der Waals surface area contributed by atoms with Gasteiger partial charge in [-0.1, -0.05) is 0 Å². The molecule has 0 amide bonds. The van der Waals surface area contributed by atoms with Gasteiger partial charge >= 0.3 is 0 Å². The molecule has 20 heavy (non-hydrogen) atoms. The number of benzene rings is 1. The molecule has 2 aromatic heterocycles. The summed E-state index contributed by atoms with van der Waals surface area (Å²) in [5, 5.41) is 0. The molecular formula is C14H13N3O2S. The first-order valence-corrected chi connectivity index (χ1v) is 7.15. The molecule has 102 valence electrons. The average molecular weight is 287 g/mol. The molecule has 3 aromatic rings. The van der Waals surface area contributed by atoms with E-state index < -0.39 is 0 Å². The number of ether oxygens (including phenoxy) is 2. The second kappa shape index (κ2) is 4.22. The molecular weight excluding hydrogens is 274 g/mol. The van der Waals surface area contributed by atoms with Crippen molar-refractivity contribution in [3.05, 3.63) is 35.0 Å². The number of nitrogens with two attached hydrogens (primary N) is 1. The minimum Gasteiger partial charge on any atom is -0.454 e. The lowest BCUT2D eigenvalue weighted by molar-refractivity contribution is 0.174. The lowest BCUT2D eigenvalue weighted by atomic mass is 10.1. The third kappa shape index (κ3) is 1.62. The molecule has 2 N–H and O–H groups in total. The first-order valence-electron chi connectivity index (χ1n) is 6.33. The molecule has 0 fully saturated rings. The number of rotatable bonds is 2. The second-order valence-electron chi connectivity index (χ2n) is 4.67. The zero-order valence-corrected chi connectivity index (χ0v) is 11.7. The molecule has 0 unspecified atom stereocenters. The van der Waals surface area contributed by atoms with Gasteiger partial charge in [-0.2, -0.15) is 0 Å². The zero-order chi connectivity index (χ0) is 13.7. The van der Waals surface area contributed by atoms with E-state index in [4.69, 9.17) is 20.2 Å². The lowest BCUT2D eigenvalue weighted by Crippen LogP contribution is -2.01. The summed E-state index contributed by atoms with van der Waals surface area (Å²) in [6.07, 6.45) is 2.08. The minimum atomic E-state index is 0.278. The largest absolute Gasteiger partial charge is 0.454 e. The molecule has 0 atom stereocenters. The third-order valence-corrected chi connectivity index (χ3v) is 4.28. The molecule has 3 heterocycles. The van der Waals surface area contributed by atoms with E-state index in [0.717, 1.165) is 33.4 Å². The van der Waals surface area contributed by atoms with Gasteiger partial charge in [-0.05, 0) is 25.1 Å². The van der Waals surface area contributed by atoms with Crippen LogP contribution in [-0.4, -0.2) is 16.2 Å². The number of fused-ring (bicyclic) bond motifs is 2. The van der Waals surface area contributed by atoms with Crippen LogP contribution in [0.1, 0.15) is 10.6 Å². The Morgan fingerprint density at radius 3 is 3.05 bits per heavy atom. The lowest BCUT2D eigenvalue weighted by Gasteiger charge is -2.03. The molecule has 6 heteroatoms. The van der Waals surface area contributed by atoms with Gasteiger partial charge in [-0.15, -0.1) is 11.3 Å². The summed E-state index contributed by atoms with van der Waals surface area (Å²) in [5.74, 6) is 1.54. The molecule has 0 spiro atoms. The van der Waals surface area contributed by atoms with Crippen LogP contribution < -0.4 is 15.2 Å². The van der Waals surface area contributed by atoms with Crippen LogP contribution in [0.4, 0.5) is 0 Å². The van der Waals surface area contributed by atoms with Crippen molar-refractivity contribution in [3.8, 4) is 22.8 Å². The Balaban J connectivity index is 1.91. The van der Waals surface area contributed by atoms with Crippen molar-refractivity contribution >= 4 is 16.3 Å². The van der Waals surface area contributed by atoms with Crippen molar-refractivity contribution < 1.29 is 9.47 Å². The van der Waals surface area contributed by atoms with Crippen LogP contribution in [0.25, 0.3) is 16.2 Å². The van der Waals surface area contributed by atoms with E-state index in [1.165, 1.54) is 4.88 Å². The molecule has 0 saturated heterocycles. The molecule has 4 rings (SSSR count). The fourth-order valence-corrected chi connectivity index (χ4v) is 3.32. The predicted molar refractivity (Wildman–Crippen MR) is 77.3 cm³/mol. The Bertz CT molecular complexity index is 806. The maximum Gasteiger partial charge on any atom is 0.231 e. The normalized spacial score (nSPS) is 13.3. The quantitative estimate of drug-likeness (QED) is 0.787. The van der Waals surface area contributed by atoms with Crippen molar-refractivity contribution in [2.24, 2.45) is 5.73 Å². The second-order valence-corrected chi connectivity index (χ2v) is 5.89. The van der Waals surface area contributed by atoms with E-state index in [0.29, 0.717) is 6.54 Å². The Hall–Kier alpha value is -2.05. The van der Waals surface area contributed by atoms with Crippen molar-refractivity contribution in [1.82, 2.24) is 9.38 Å². The molecule has 1 aliphatic heterocycles. The van der Waals surface area contributed by atoms with Crippen LogP contribution >= 0.6 is 11.3 Å². The summed E-state index contributed by atoms with van der Waals surface area (Å²) >= 11 is 1.66. The highest BCUT2D eigenvalue weighted by atomic mass is 32.1. The summed E-state index contributed by atoms with van der Waals surface area (Å²) in [6, 6.07) is 5.86. The molecule has 0 bridgehead atoms. The smallest absolute Gasteiger partial charge is 0.231 e. The number of thiazole rings is 1. The summed E-state index contributed by atoms with van der Waals surface area (Å²) in [5.41, 5.74) is 8.84. The highest BCUT2D eigenvalue weighted by Gasteiger charge is 2.18. The summed E-state index contributed by atoms with van der Waals surface area (Å²) < 4.78 is 12.8. The van der Waals surface area contributed by atoms with Crippen molar-refractivity contribution in [3.63, 3.8) is 0 Å². The van der Waals surface area contributed by atoms with Gasteiger partial charge in [0.2, 0.25) is 6.79 Å². The van der Waals surface area contributed by atoms with Gasteiger partial charge in [-0.3, -0.25) is 4.40 Å². The van der Waals surface area contributed by atoms with Crippen molar-refractivity contribution in [2.75, 3.05) is 6.79 Å². The van der Waals surface area contributed by atoms with Crippen LogP contribution in [0.5, 0.6) is 11.5 Å². The van der Waals surface area contributed by atoms with E-state index in [2.05, 4.69) is 17.5 Å². The number of aryl methyl sites for hydroxylation is 1. The van der Waals surface area contributed by atoms with E-state index in [9.17, 15) is 0 Å². The first kappa shape index (κ1) is 11.7.